The number of carbonyl (C=O) groups excluding carboxylic acids is 2. The third kappa shape index (κ3) is 5.04. The molecule has 1 atom stereocenters. The minimum Gasteiger partial charge on any atom is -0.469 e. The van der Waals surface area contributed by atoms with Crippen LogP contribution in [0.25, 0.3) is 0 Å². The molecule has 0 radical (unpaired) electrons. The Bertz CT molecular complexity index is 292. The van der Waals surface area contributed by atoms with E-state index in [0.29, 0.717) is 13.0 Å². The number of rotatable bonds is 5. The Hall–Kier alpha value is -1.10. The quantitative estimate of drug-likeness (QED) is 0.739. The number of hydrogen-bond donors (Lipinski definition) is 1. The summed E-state index contributed by atoms with van der Waals surface area (Å²) in [5.41, 5.74) is 0. The van der Waals surface area contributed by atoms with Crippen LogP contribution in [0.5, 0.6) is 0 Å². The maximum atomic E-state index is 11.6. The minimum absolute atomic E-state index is 0.0236. The summed E-state index contributed by atoms with van der Waals surface area (Å²) in [5.74, 6) is -0.0476. The SMILES string of the molecule is COC(=O)CCN1CCCC(NC(=O)C(C)C)C1. The highest BCUT2D eigenvalue weighted by Gasteiger charge is 2.22. The Morgan fingerprint density at radius 1 is 1.44 bits per heavy atom. The maximum Gasteiger partial charge on any atom is 0.306 e. The lowest BCUT2D eigenvalue weighted by Gasteiger charge is -2.33. The number of ether oxygens (including phenoxy) is 1. The van der Waals surface area contributed by atoms with E-state index in [1.165, 1.54) is 7.11 Å². The van der Waals surface area contributed by atoms with E-state index in [4.69, 9.17) is 0 Å². The van der Waals surface area contributed by atoms with Gasteiger partial charge in [0.1, 0.15) is 0 Å². The van der Waals surface area contributed by atoms with Gasteiger partial charge >= 0.3 is 5.97 Å². The zero-order valence-corrected chi connectivity index (χ0v) is 11.6. The summed E-state index contributed by atoms with van der Waals surface area (Å²) in [6.07, 6.45) is 2.50. The largest absolute Gasteiger partial charge is 0.469 e. The van der Waals surface area contributed by atoms with Crippen LogP contribution >= 0.6 is 0 Å². The van der Waals surface area contributed by atoms with Crippen molar-refractivity contribution in [3.05, 3.63) is 0 Å². The lowest BCUT2D eigenvalue weighted by Crippen LogP contribution is -2.49. The molecule has 1 N–H and O–H groups in total. The van der Waals surface area contributed by atoms with Crippen LogP contribution in [0, 0.1) is 5.92 Å². The molecule has 1 fully saturated rings. The first-order chi connectivity index (χ1) is 8.52. The van der Waals surface area contributed by atoms with Gasteiger partial charge in [-0.05, 0) is 19.4 Å². The van der Waals surface area contributed by atoms with Crippen LogP contribution in [-0.2, 0) is 14.3 Å². The molecular formula is C13H24N2O3. The van der Waals surface area contributed by atoms with E-state index < -0.39 is 0 Å². The van der Waals surface area contributed by atoms with Crippen molar-refractivity contribution in [1.29, 1.82) is 0 Å². The molecule has 0 saturated carbocycles. The van der Waals surface area contributed by atoms with Gasteiger partial charge in [0, 0.05) is 25.0 Å². The molecule has 1 saturated heterocycles. The molecule has 0 aromatic heterocycles. The second-order valence-electron chi connectivity index (χ2n) is 5.13. The monoisotopic (exact) mass is 256 g/mol. The third-order valence-electron chi connectivity index (χ3n) is 3.24. The predicted octanol–water partition coefficient (Wildman–Crippen LogP) is 0.786. The van der Waals surface area contributed by atoms with Gasteiger partial charge in [0.25, 0.3) is 0 Å². The van der Waals surface area contributed by atoms with Gasteiger partial charge in [0.05, 0.1) is 13.5 Å². The van der Waals surface area contributed by atoms with Crippen LogP contribution in [-0.4, -0.2) is 49.6 Å². The van der Waals surface area contributed by atoms with Crippen molar-refractivity contribution < 1.29 is 14.3 Å². The van der Waals surface area contributed by atoms with Crippen molar-refractivity contribution in [1.82, 2.24) is 10.2 Å². The molecule has 1 aliphatic heterocycles. The van der Waals surface area contributed by atoms with Crippen LogP contribution in [0.4, 0.5) is 0 Å². The average Bonchev–Trinajstić information content (AvgIpc) is 2.36. The van der Waals surface area contributed by atoms with E-state index in [1.807, 2.05) is 13.8 Å². The molecule has 0 spiro atoms. The zero-order valence-electron chi connectivity index (χ0n) is 11.6. The normalized spacial score (nSPS) is 20.8. The molecule has 1 rings (SSSR count). The number of likely N-dealkylation sites (tertiary alicyclic amines) is 1. The van der Waals surface area contributed by atoms with Gasteiger partial charge in [-0.25, -0.2) is 0 Å². The fourth-order valence-electron chi connectivity index (χ4n) is 2.10. The second-order valence-corrected chi connectivity index (χ2v) is 5.13. The molecule has 1 aliphatic rings. The van der Waals surface area contributed by atoms with Gasteiger partial charge in [0.2, 0.25) is 5.91 Å². The van der Waals surface area contributed by atoms with E-state index in [9.17, 15) is 9.59 Å². The van der Waals surface area contributed by atoms with Crippen LogP contribution in [0.2, 0.25) is 0 Å². The first-order valence-corrected chi connectivity index (χ1v) is 6.62. The Morgan fingerprint density at radius 2 is 2.17 bits per heavy atom. The molecule has 18 heavy (non-hydrogen) atoms. The Labute approximate surface area is 109 Å². The zero-order chi connectivity index (χ0) is 13.5. The number of amides is 1. The topological polar surface area (TPSA) is 58.6 Å². The van der Waals surface area contributed by atoms with E-state index in [0.717, 1.165) is 25.9 Å². The summed E-state index contributed by atoms with van der Waals surface area (Å²) in [6.45, 7) is 6.32. The van der Waals surface area contributed by atoms with E-state index >= 15 is 0 Å². The highest BCUT2D eigenvalue weighted by Crippen LogP contribution is 2.11. The summed E-state index contributed by atoms with van der Waals surface area (Å²) in [7, 11) is 1.41. The Balaban J connectivity index is 2.32. The predicted molar refractivity (Wildman–Crippen MR) is 69.1 cm³/mol. The van der Waals surface area contributed by atoms with E-state index in [1.54, 1.807) is 0 Å². The number of hydrogen-bond acceptors (Lipinski definition) is 4. The summed E-state index contributed by atoms with van der Waals surface area (Å²) < 4.78 is 4.63. The molecule has 0 aromatic rings. The summed E-state index contributed by atoms with van der Waals surface area (Å²) in [5, 5.41) is 3.05. The van der Waals surface area contributed by atoms with E-state index in [-0.39, 0.29) is 23.8 Å². The summed E-state index contributed by atoms with van der Waals surface area (Å²) in [6, 6.07) is 0.214. The molecule has 104 valence electrons. The van der Waals surface area contributed by atoms with Gasteiger partial charge < -0.3 is 15.0 Å². The van der Waals surface area contributed by atoms with E-state index in [2.05, 4.69) is 15.0 Å². The molecule has 0 aliphatic carbocycles. The first-order valence-electron chi connectivity index (χ1n) is 6.62. The van der Waals surface area contributed by atoms with Crippen molar-refractivity contribution in [3.63, 3.8) is 0 Å². The van der Waals surface area contributed by atoms with Crippen molar-refractivity contribution in [2.24, 2.45) is 5.92 Å². The lowest BCUT2D eigenvalue weighted by molar-refractivity contribution is -0.141. The number of piperidine rings is 1. The van der Waals surface area contributed by atoms with Crippen molar-refractivity contribution >= 4 is 11.9 Å². The molecule has 5 nitrogen and oxygen atoms in total. The number of carbonyl (C=O) groups is 2. The third-order valence-corrected chi connectivity index (χ3v) is 3.24. The first kappa shape index (κ1) is 15.0. The summed E-state index contributed by atoms with van der Waals surface area (Å²) >= 11 is 0. The molecule has 0 bridgehead atoms. The van der Waals surface area contributed by atoms with Crippen LogP contribution in [0.3, 0.4) is 0 Å². The van der Waals surface area contributed by atoms with Gasteiger partial charge in [-0.15, -0.1) is 0 Å². The number of nitrogens with zero attached hydrogens (tertiary/aromatic N) is 1. The number of methoxy groups -OCH3 is 1. The maximum absolute atomic E-state index is 11.6. The summed E-state index contributed by atoms with van der Waals surface area (Å²) in [4.78, 5) is 24.9. The Kier molecular flexibility index (Phi) is 6.12. The van der Waals surface area contributed by atoms with Gasteiger partial charge in [-0.1, -0.05) is 13.8 Å². The average molecular weight is 256 g/mol. The van der Waals surface area contributed by atoms with Gasteiger partial charge in [-0.3, -0.25) is 9.59 Å². The van der Waals surface area contributed by atoms with Crippen molar-refractivity contribution in [3.8, 4) is 0 Å². The highest BCUT2D eigenvalue weighted by atomic mass is 16.5. The second kappa shape index (κ2) is 7.36. The van der Waals surface area contributed by atoms with Crippen LogP contribution in [0.1, 0.15) is 33.1 Å². The van der Waals surface area contributed by atoms with Crippen molar-refractivity contribution in [2.75, 3.05) is 26.7 Å². The number of esters is 1. The molecule has 1 unspecified atom stereocenters. The minimum atomic E-state index is -0.177. The van der Waals surface area contributed by atoms with Crippen LogP contribution < -0.4 is 5.32 Å². The Morgan fingerprint density at radius 3 is 2.78 bits per heavy atom. The highest BCUT2D eigenvalue weighted by molar-refractivity contribution is 5.78. The van der Waals surface area contributed by atoms with Gasteiger partial charge in [0.15, 0.2) is 0 Å². The fraction of sp³-hybridized carbons (Fsp3) is 0.846. The lowest BCUT2D eigenvalue weighted by atomic mass is 10.0. The van der Waals surface area contributed by atoms with Crippen molar-refractivity contribution in [2.45, 2.75) is 39.2 Å². The fourth-order valence-corrected chi connectivity index (χ4v) is 2.10. The molecule has 0 aromatic carbocycles. The molecule has 1 heterocycles. The molecule has 1 amide bonds. The van der Waals surface area contributed by atoms with Crippen LogP contribution in [0.15, 0.2) is 0 Å². The smallest absolute Gasteiger partial charge is 0.306 e. The number of nitrogens with one attached hydrogen (secondary N) is 1. The standard InChI is InChI=1S/C13H24N2O3/c1-10(2)13(17)14-11-5-4-7-15(9-11)8-6-12(16)18-3/h10-11H,4-9H2,1-3H3,(H,14,17). The molecular weight excluding hydrogens is 232 g/mol. The molecule has 5 heteroatoms. The van der Waals surface area contributed by atoms with Gasteiger partial charge in [-0.2, -0.15) is 0 Å².